The summed E-state index contributed by atoms with van der Waals surface area (Å²) in [6.07, 6.45) is 2.63. The van der Waals surface area contributed by atoms with E-state index in [0.717, 1.165) is 0 Å². The fraction of sp³-hybridized carbons (Fsp3) is 0.556. The molecule has 0 aliphatic rings. The second-order valence-corrected chi connectivity index (χ2v) is 7.42. The molecule has 13 nitrogen and oxygen atoms in total. The van der Waals surface area contributed by atoms with Gasteiger partial charge in [-0.2, -0.15) is 0 Å². The highest BCUT2D eigenvalue weighted by molar-refractivity contribution is 5.95. The van der Waals surface area contributed by atoms with E-state index >= 15 is 0 Å². The Morgan fingerprint density at radius 3 is 2.32 bits per heavy atom. The number of hydrogen-bond donors (Lipinski definition) is 7. The highest BCUT2D eigenvalue weighted by Crippen LogP contribution is 2.04. The van der Waals surface area contributed by atoms with Gasteiger partial charge in [-0.15, -0.1) is 0 Å². The number of aromatic nitrogens is 2. The lowest BCUT2D eigenvalue weighted by Gasteiger charge is -2.20. The first-order chi connectivity index (χ1) is 14.5. The number of carboxylic acid groups (broad SMARTS) is 1. The number of carbonyl (C=O) groups is 5. The smallest absolute Gasteiger partial charge is 0.326 e. The van der Waals surface area contributed by atoms with Crippen LogP contribution in [0.4, 0.5) is 0 Å². The summed E-state index contributed by atoms with van der Waals surface area (Å²) in [5.41, 5.74) is 11.4. The minimum absolute atomic E-state index is 0.0386. The summed E-state index contributed by atoms with van der Waals surface area (Å²) in [6, 6.07) is -3.46. The van der Waals surface area contributed by atoms with Crippen molar-refractivity contribution in [2.75, 3.05) is 6.54 Å². The first-order valence-corrected chi connectivity index (χ1v) is 9.61. The molecule has 3 atom stereocenters. The molecule has 0 aliphatic heterocycles. The first-order valence-electron chi connectivity index (χ1n) is 9.61. The zero-order valence-corrected chi connectivity index (χ0v) is 17.4. The molecule has 3 unspecified atom stereocenters. The Morgan fingerprint density at radius 1 is 1.13 bits per heavy atom. The summed E-state index contributed by atoms with van der Waals surface area (Å²) < 4.78 is 0. The van der Waals surface area contributed by atoms with Crippen molar-refractivity contribution >= 4 is 29.6 Å². The molecule has 0 fully saturated rings. The third-order valence-electron chi connectivity index (χ3n) is 4.14. The summed E-state index contributed by atoms with van der Waals surface area (Å²) in [5.74, 6) is -4.22. The number of nitrogens with two attached hydrogens (primary N) is 2. The Morgan fingerprint density at radius 2 is 1.81 bits per heavy atom. The maximum atomic E-state index is 12.4. The Labute approximate surface area is 178 Å². The van der Waals surface area contributed by atoms with Crippen LogP contribution in [-0.2, 0) is 30.4 Å². The minimum Gasteiger partial charge on any atom is -0.480 e. The molecule has 1 aromatic heterocycles. The number of carboxylic acids is 1. The maximum Gasteiger partial charge on any atom is 0.326 e. The van der Waals surface area contributed by atoms with Crippen molar-refractivity contribution in [3.05, 3.63) is 18.2 Å². The summed E-state index contributed by atoms with van der Waals surface area (Å²) in [4.78, 5) is 65.7. The molecule has 0 spiro atoms. The molecule has 9 N–H and O–H groups in total. The van der Waals surface area contributed by atoms with Gasteiger partial charge in [-0.05, 0) is 12.3 Å². The van der Waals surface area contributed by atoms with E-state index in [-0.39, 0.29) is 12.3 Å². The molecule has 0 aliphatic carbocycles. The molecule has 0 saturated carbocycles. The second kappa shape index (κ2) is 12.3. The number of primary amides is 1. The number of nitrogens with zero attached hydrogens (tertiary/aromatic N) is 1. The van der Waals surface area contributed by atoms with Crippen molar-refractivity contribution in [3.8, 4) is 0 Å². The van der Waals surface area contributed by atoms with Crippen LogP contribution in [0, 0.1) is 5.92 Å². The van der Waals surface area contributed by atoms with Gasteiger partial charge in [0.25, 0.3) is 0 Å². The Hall–Kier alpha value is -3.48. The average molecular weight is 439 g/mol. The number of carbonyl (C=O) groups excluding carboxylic acids is 4. The van der Waals surface area contributed by atoms with E-state index in [1.807, 2.05) is 13.8 Å². The van der Waals surface area contributed by atoms with Crippen LogP contribution in [0.5, 0.6) is 0 Å². The van der Waals surface area contributed by atoms with Crippen LogP contribution in [0.1, 0.15) is 32.4 Å². The average Bonchev–Trinajstić information content (AvgIpc) is 3.17. The minimum atomic E-state index is -1.32. The van der Waals surface area contributed by atoms with Crippen molar-refractivity contribution in [2.24, 2.45) is 17.4 Å². The molecule has 0 aromatic carbocycles. The van der Waals surface area contributed by atoms with Gasteiger partial charge in [0.05, 0.1) is 25.3 Å². The van der Waals surface area contributed by atoms with E-state index in [1.54, 1.807) is 0 Å². The number of aromatic amines is 1. The molecule has 0 bridgehead atoms. The zero-order valence-electron chi connectivity index (χ0n) is 17.4. The third kappa shape index (κ3) is 9.71. The molecule has 0 saturated heterocycles. The lowest BCUT2D eigenvalue weighted by Crippen LogP contribution is -2.54. The quantitative estimate of drug-likeness (QED) is 0.172. The Balaban J connectivity index is 2.64. The van der Waals surface area contributed by atoms with Crippen molar-refractivity contribution in [3.63, 3.8) is 0 Å². The molecule has 13 heteroatoms. The molecular weight excluding hydrogens is 410 g/mol. The van der Waals surface area contributed by atoms with Gasteiger partial charge in [-0.1, -0.05) is 13.8 Å². The Bertz CT molecular complexity index is 780. The van der Waals surface area contributed by atoms with Crippen LogP contribution in [0.25, 0.3) is 0 Å². The molecule has 1 aromatic rings. The van der Waals surface area contributed by atoms with E-state index in [2.05, 4.69) is 25.9 Å². The molecule has 4 amide bonds. The van der Waals surface area contributed by atoms with E-state index < -0.39 is 60.7 Å². The second-order valence-electron chi connectivity index (χ2n) is 7.42. The van der Waals surface area contributed by atoms with Crippen molar-refractivity contribution in [2.45, 2.75) is 51.2 Å². The zero-order chi connectivity index (χ0) is 23.6. The highest BCUT2D eigenvalue weighted by atomic mass is 16.4. The molecule has 1 rings (SSSR count). The van der Waals surface area contributed by atoms with Gasteiger partial charge in [0.15, 0.2) is 0 Å². The fourth-order valence-electron chi connectivity index (χ4n) is 2.66. The number of imidazole rings is 1. The number of hydrogen-bond acceptors (Lipinski definition) is 7. The van der Waals surface area contributed by atoms with E-state index in [4.69, 9.17) is 11.5 Å². The van der Waals surface area contributed by atoms with Gasteiger partial charge < -0.3 is 37.5 Å². The SMILES string of the molecule is CC(C)CC(N)C(=O)NC(CC(N)=O)C(=O)NCC(=O)NC(Cc1cnc[nH]1)C(=O)O. The molecule has 31 heavy (non-hydrogen) atoms. The maximum absolute atomic E-state index is 12.4. The lowest BCUT2D eigenvalue weighted by atomic mass is 10.0. The number of amides is 4. The van der Waals surface area contributed by atoms with Crippen LogP contribution >= 0.6 is 0 Å². The van der Waals surface area contributed by atoms with Crippen LogP contribution in [0.2, 0.25) is 0 Å². The number of aliphatic carboxylic acids is 1. The Kier molecular flexibility index (Phi) is 10.1. The number of rotatable bonds is 13. The van der Waals surface area contributed by atoms with Crippen LogP contribution < -0.4 is 27.4 Å². The summed E-state index contributed by atoms with van der Waals surface area (Å²) >= 11 is 0. The lowest BCUT2D eigenvalue weighted by molar-refractivity contribution is -0.141. The summed E-state index contributed by atoms with van der Waals surface area (Å²) in [7, 11) is 0. The van der Waals surface area contributed by atoms with Crippen LogP contribution in [0.3, 0.4) is 0 Å². The van der Waals surface area contributed by atoms with Gasteiger partial charge in [-0.3, -0.25) is 19.2 Å². The standard InChI is InChI=1S/C18H29N7O6/c1-9(2)3-11(19)16(28)25-12(5-14(20)26)17(29)22-7-15(27)24-13(18(30)31)4-10-6-21-8-23-10/h6,8-9,11-13H,3-5,7,19H2,1-2H3,(H2,20,26)(H,21,23)(H,22,29)(H,24,27)(H,25,28)(H,30,31). The fourth-order valence-corrected chi connectivity index (χ4v) is 2.66. The largest absolute Gasteiger partial charge is 0.480 e. The highest BCUT2D eigenvalue weighted by Gasteiger charge is 2.27. The van der Waals surface area contributed by atoms with Gasteiger partial charge in [0.2, 0.25) is 23.6 Å². The normalized spacial score (nSPS) is 13.7. The van der Waals surface area contributed by atoms with E-state index in [9.17, 15) is 29.1 Å². The van der Waals surface area contributed by atoms with Crippen molar-refractivity contribution < 1.29 is 29.1 Å². The monoisotopic (exact) mass is 439 g/mol. The topological polar surface area (TPSA) is 222 Å². The molecule has 1 heterocycles. The molecule has 172 valence electrons. The van der Waals surface area contributed by atoms with E-state index in [1.165, 1.54) is 12.5 Å². The molecular formula is C18H29N7O6. The van der Waals surface area contributed by atoms with Gasteiger partial charge in [0, 0.05) is 18.3 Å². The van der Waals surface area contributed by atoms with E-state index in [0.29, 0.717) is 12.1 Å². The first kappa shape index (κ1) is 25.6. The van der Waals surface area contributed by atoms with Crippen LogP contribution in [0.15, 0.2) is 12.5 Å². The summed E-state index contributed by atoms with van der Waals surface area (Å²) in [6.45, 7) is 3.17. The molecule has 0 radical (unpaired) electrons. The van der Waals surface area contributed by atoms with Crippen molar-refractivity contribution in [1.29, 1.82) is 0 Å². The van der Waals surface area contributed by atoms with Gasteiger partial charge >= 0.3 is 5.97 Å². The number of nitrogens with one attached hydrogen (secondary N) is 4. The number of H-pyrrole nitrogens is 1. The predicted octanol–water partition coefficient (Wildman–Crippen LogP) is -2.63. The van der Waals surface area contributed by atoms with Gasteiger partial charge in [0.1, 0.15) is 12.1 Å². The summed E-state index contributed by atoms with van der Waals surface area (Å²) in [5, 5.41) is 16.1. The third-order valence-corrected chi connectivity index (χ3v) is 4.14. The van der Waals surface area contributed by atoms with Gasteiger partial charge in [-0.25, -0.2) is 9.78 Å². The van der Waals surface area contributed by atoms with Crippen LogP contribution in [-0.4, -0.2) is 69.3 Å². The predicted molar refractivity (Wildman–Crippen MR) is 108 cm³/mol. The van der Waals surface area contributed by atoms with Crippen molar-refractivity contribution in [1.82, 2.24) is 25.9 Å².